The van der Waals surface area contributed by atoms with Gasteiger partial charge in [0.1, 0.15) is 11.5 Å². The van der Waals surface area contributed by atoms with E-state index in [4.69, 9.17) is 0 Å². The average Bonchev–Trinajstić information content (AvgIpc) is 2.52. The number of rotatable bonds is 2. The van der Waals surface area contributed by atoms with Crippen molar-refractivity contribution in [2.75, 3.05) is 11.9 Å². The van der Waals surface area contributed by atoms with Gasteiger partial charge < -0.3 is 15.1 Å². The van der Waals surface area contributed by atoms with E-state index >= 15 is 0 Å². The summed E-state index contributed by atoms with van der Waals surface area (Å²) in [5.41, 5.74) is 0.972. The summed E-state index contributed by atoms with van der Waals surface area (Å²) in [4.78, 5) is 14.0. The summed E-state index contributed by atoms with van der Waals surface area (Å²) >= 11 is 0. The van der Waals surface area contributed by atoms with Gasteiger partial charge in [-0.25, -0.2) is 0 Å². The molecule has 0 aliphatic heterocycles. The summed E-state index contributed by atoms with van der Waals surface area (Å²) in [5.74, 6) is -0.392. The maximum atomic E-state index is 12.6. The van der Waals surface area contributed by atoms with Gasteiger partial charge >= 0.3 is 0 Å². The summed E-state index contributed by atoms with van der Waals surface area (Å²) in [5, 5.41) is 21.1. The molecule has 4 heteroatoms. The smallest absolute Gasteiger partial charge is 0.258 e. The normalized spacial score (nSPS) is 10.6. The summed E-state index contributed by atoms with van der Waals surface area (Å²) < 4.78 is 0. The molecule has 110 valence electrons. The molecule has 3 aromatic carbocycles. The van der Waals surface area contributed by atoms with Crippen LogP contribution < -0.4 is 4.90 Å². The van der Waals surface area contributed by atoms with Crippen LogP contribution in [0.5, 0.6) is 11.5 Å². The van der Waals surface area contributed by atoms with Gasteiger partial charge in [-0.3, -0.25) is 4.79 Å². The fraction of sp³-hybridized carbons (Fsp3) is 0.0556. The Balaban J connectivity index is 1.97. The first kappa shape index (κ1) is 13.9. The van der Waals surface area contributed by atoms with Crippen molar-refractivity contribution in [2.45, 2.75) is 0 Å². The number of anilines is 1. The number of carbonyl (C=O) groups excluding carboxylic acids is 1. The van der Waals surface area contributed by atoms with Gasteiger partial charge in [0.2, 0.25) is 0 Å². The molecule has 22 heavy (non-hydrogen) atoms. The molecule has 0 fully saturated rings. The van der Waals surface area contributed by atoms with Gasteiger partial charge in [0.15, 0.2) is 0 Å². The zero-order valence-corrected chi connectivity index (χ0v) is 12.0. The second-order valence-electron chi connectivity index (χ2n) is 5.13. The molecule has 0 aliphatic carbocycles. The van der Waals surface area contributed by atoms with Gasteiger partial charge in [-0.1, -0.05) is 30.3 Å². The molecule has 0 aromatic heterocycles. The molecule has 2 N–H and O–H groups in total. The molecular formula is C18H15NO3. The molecule has 0 bridgehead atoms. The van der Waals surface area contributed by atoms with E-state index in [1.165, 1.54) is 23.1 Å². The lowest BCUT2D eigenvalue weighted by molar-refractivity contribution is 0.0993. The van der Waals surface area contributed by atoms with Crippen molar-refractivity contribution >= 4 is 22.4 Å². The van der Waals surface area contributed by atoms with Gasteiger partial charge in [-0.05, 0) is 22.9 Å². The molecule has 1 amide bonds. The van der Waals surface area contributed by atoms with E-state index in [0.717, 1.165) is 10.8 Å². The number of carbonyl (C=O) groups is 1. The molecule has 0 unspecified atom stereocenters. The lowest BCUT2D eigenvalue weighted by Crippen LogP contribution is -2.26. The van der Waals surface area contributed by atoms with Crippen LogP contribution in [0.25, 0.3) is 10.8 Å². The first-order valence-electron chi connectivity index (χ1n) is 6.84. The fourth-order valence-electron chi connectivity index (χ4n) is 2.41. The Kier molecular flexibility index (Phi) is 3.43. The second-order valence-corrected chi connectivity index (χ2v) is 5.13. The molecule has 4 nitrogen and oxygen atoms in total. The molecule has 0 atom stereocenters. The highest BCUT2D eigenvalue weighted by atomic mass is 16.3. The van der Waals surface area contributed by atoms with Crippen LogP contribution in [0.15, 0.2) is 60.7 Å². The summed E-state index contributed by atoms with van der Waals surface area (Å²) in [6.07, 6.45) is 0. The zero-order valence-electron chi connectivity index (χ0n) is 12.0. The highest BCUT2D eigenvalue weighted by molar-refractivity contribution is 6.07. The van der Waals surface area contributed by atoms with Crippen molar-refractivity contribution in [3.63, 3.8) is 0 Å². The number of hydrogen-bond acceptors (Lipinski definition) is 3. The zero-order chi connectivity index (χ0) is 15.7. The maximum absolute atomic E-state index is 12.6. The number of phenols is 2. The molecular weight excluding hydrogens is 278 g/mol. The van der Waals surface area contributed by atoms with Crippen molar-refractivity contribution in [1.82, 2.24) is 0 Å². The highest BCUT2D eigenvalue weighted by Gasteiger charge is 2.15. The van der Waals surface area contributed by atoms with E-state index in [9.17, 15) is 15.0 Å². The lowest BCUT2D eigenvalue weighted by Gasteiger charge is -2.18. The molecule has 3 rings (SSSR count). The number of nitrogens with zero attached hydrogens (tertiary/aromatic N) is 1. The van der Waals surface area contributed by atoms with E-state index in [1.807, 2.05) is 36.4 Å². The van der Waals surface area contributed by atoms with Crippen LogP contribution in [0, 0.1) is 0 Å². The van der Waals surface area contributed by atoms with Crippen LogP contribution in [0.4, 0.5) is 5.69 Å². The summed E-state index contributed by atoms with van der Waals surface area (Å²) in [7, 11) is 1.60. The third-order valence-electron chi connectivity index (χ3n) is 3.58. The number of aromatic hydroxyl groups is 2. The second kappa shape index (κ2) is 5.41. The minimum Gasteiger partial charge on any atom is -0.508 e. The Labute approximate surface area is 127 Å². The van der Waals surface area contributed by atoms with Crippen LogP contribution >= 0.6 is 0 Å². The van der Waals surface area contributed by atoms with Crippen LogP contribution in [0.1, 0.15) is 10.4 Å². The molecule has 0 radical (unpaired) electrons. The molecule has 0 saturated heterocycles. The number of benzene rings is 3. The monoisotopic (exact) mass is 293 g/mol. The van der Waals surface area contributed by atoms with Crippen molar-refractivity contribution in [2.24, 2.45) is 0 Å². The van der Waals surface area contributed by atoms with Gasteiger partial charge in [0, 0.05) is 30.8 Å². The fourth-order valence-corrected chi connectivity index (χ4v) is 2.41. The Morgan fingerprint density at radius 2 is 1.50 bits per heavy atom. The highest BCUT2D eigenvalue weighted by Crippen LogP contribution is 2.27. The number of amides is 1. The van der Waals surface area contributed by atoms with Gasteiger partial charge in [-0.15, -0.1) is 0 Å². The van der Waals surface area contributed by atoms with E-state index < -0.39 is 0 Å². The van der Waals surface area contributed by atoms with Crippen molar-refractivity contribution in [1.29, 1.82) is 0 Å². The maximum Gasteiger partial charge on any atom is 0.258 e. The Morgan fingerprint density at radius 3 is 2.18 bits per heavy atom. The standard InChI is InChI=1S/C18H15NO3/c1-19(15-9-16(20)11-17(21)10-15)18(22)14-7-6-12-4-2-3-5-13(12)8-14/h2-11,20-21H,1H3. The predicted molar refractivity (Wildman–Crippen MR) is 86.5 cm³/mol. The third kappa shape index (κ3) is 2.59. The topological polar surface area (TPSA) is 60.8 Å². The molecule has 0 saturated carbocycles. The number of hydrogen-bond donors (Lipinski definition) is 2. The van der Waals surface area contributed by atoms with Crippen LogP contribution in [-0.2, 0) is 0 Å². The van der Waals surface area contributed by atoms with E-state index in [1.54, 1.807) is 13.1 Å². The quantitative estimate of drug-likeness (QED) is 0.760. The molecule has 3 aromatic rings. The molecule has 0 heterocycles. The Morgan fingerprint density at radius 1 is 0.864 bits per heavy atom. The van der Waals surface area contributed by atoms with E-state index in [-0.39, 0.29) is 17.4 Å². The van der Waals surface area contributed by atoms with Crippen LogP contribution in [-0.4, -0.2) is 23.2 Å². The number of phenolic OH excluding ortho intramolecular Hbond substituents is 2. The summed E-state index contributed by atoms with van der Waals surface area (Å²) in [6, 6.07) is 17.4. The predicted octanol–water partition coefficient (Wildman–Crippen LogP) is 3.53. The van der Waals surface area contributed by atoms with Crippen molar-refractivity contribution in [3.8, 4) is 11.5 Å². The largest absolute Gasteiger partial charge is 0.508 e. The van der Waals surface area contributed by atoms with Crippen molar-refractivity contribution < 1.29 is 15.0 Å². The van der Waals surface area contributed by atoms with Crippen molar-refractivity contribution in [3.05, 3.63) is 66.2 Å². The minimum atomic E-state index is -0.212. The Hall–Kier alpha value is -3.01. The van der Waals surface area contributed by atoms with Crippen LogP contribution in [0.3, 0.4) is 0 Å². The lowest BCUT2D eigenvalue weighted by atomic mass is 10.1. The van der Waals surface area contributed by atoms with Crippen LogP contribution in [0.2, 0.25) is 0 Å². The number of fused-ring (bicyclic) bond motifs is 1. The summed E-state index contributed by atoms with van der Waals surface area (Å²) in [6.45, 7) is 0. The van der Waals surface area contributed by atoms with Gasteiger partial charge in [0.05, 0.1) is 5.69 Å². The average molecular weight is 293 g/mol. The third-order valence-corrected chi connectivity index (χ3v) is 3.58. The van der Waals surface area contributed by atoms with Gasteiger partial charge in [0.25, 0.3) is 5.91 Å². The van der Waals surface area contributed by atoms with E-state index in [2.05, 4.69) is 0 Å². The molecule has 0 spiro atoms. The molecule has 0 aliphatic rings. The first-order valence-corrected chi connectivity index (χ1v) is 6.84. The Bertz CT molecular complexity index is 838. The minimum absolute atomic E-state index is 0.0897. The SMILES string of the molecule is CN(C(=O)c1ccc2ccccc2c1)c1cc(O)cc(O)c1. The first-order chi connectivity index (χ1) is 10.5. The van der Waals surface area contributed by atoms with E-state index in [0.29, 0.717) is 11.3 Å². The van der Waals surface area contributed by atoms with Gasteiger partial charge in [-0.2, -0.15) is 0 Å².